The SMILES string of the molecule is CCCCCCC(CCCCCSc1nc(-c2ccc(N(C)C)cc2)c(-c2ccc(N(C)C)cc2)[nH]1)NC(=O)O. The Morgan fingerprint density at radius 2 is 1.40 bits per heavy atom. The van der Waals surface area contributed by atoms with Crippen LogP contribution in [0.15, 0.2) is 53.7 Å². The minimum atomic E-state index is -0.909. The van der Waals surface area contributed by atoms with Gasteiger partial charge in [-0.3, -0.25) is 0 Å². The van der Waals surface area contributed by atoms with Crippen molar-refractivity contribution in [3.8, 4) is 22.5 Å². The summed E-state index contributed by atoms with van der Waals surface area (Å²) >= 11 is 1.76. The van der Waals surface area contributed by atoms with Crippen molar-refractivity contribution in [1.82, 2.24) is 15.3 Å². The van der Waals surface area contributed by atoms with Gasteiger partial charge in [-0.1, -0.05) is 81.5 Å². The number of benzene rings is 2. The highest BCUT2D eigenvalue weighted by atomic mass is 32.2. The molecule has 40 heavy (non-hydrogen) atoms. The number of thioether (sulfide) groups is 1. The second-order valence-corrected chi connectivity index (χ2v) is 11.9. The van der Waals surface area contributed by atoms with Gasteiger partial charge < -0.3 is 25.2 Å². The van der Waals surface area contributed by atoms with Gasteiger partial charge in [0.25, 0.3) is 0 Å². The molecular weight excluding hydrogens is 518 g/mol. The average Bonchev–Trinajstić information content (AvgIpc) is 3.36. The van der Waals surface area contributed by atoms with E-state index in [2.05, 4.69) is 75.6 Å². The van der Waals surface area contributed by atoms with E-state index in [1.54, 1.807) is 11.8 Å². The lowest BCUT2D eigenvalue weighted by Crippen LogP contribution is -2.33. The number of hydrogen-bond donors (Lipinski definition) is 3. The zero-order valence-corrected chi connectivity index (χ0v) is 25.7. The molecule has 1 heterocycles. The third-order valence-corrected chi connectivity index (χ3v) is 8.14. The molecule has 1 amide bonds. The molecule has 3 N–H and O–H groups in total. The number of carbonyl (C=O) groups is 1. The van der Waals surface area contributed by atoms with Crippen molar-refractivity contribution in [2.75, 3.05) is 43.7 Å². The molecule has 7 nitrogen and oxygen atoms in total. The summed E-state index contributed by atoms with van der Waals surface area (Å²) in [5.41, 5.74) is 6.54. The predicted octanol–water partition coefficient (Wildman–Crippen LogP) is 8.13. The third-order valence-electron chi connectivity index (χ3n) is 7.18. The summed E-state index contributed by atoms with van der Waals surface area (Å²) in [5.74, 6) is 0.971. The van der Waals surface area contributed by atoms with Crippen molar-refractivity contribution >= 4 is 29.2 Å². The summed E-state index contributed by atoms with van der Waals surface area (Å²) in [6.45, 7) is 2.19. The minimum Gasteiger partial charge on any atom is -0.465 e. The van der Waals surface area contributed by atoms with E-state index in [0.717, 1.165) is 83.3 Å². The molecule has 0 bridgehead atoms. The highest BCUT2D eigenvalue weighted by Gasteiger charge is 2.16. The van der Waals surface area contributed by atoms with Crippen LogP contribution in [0.5, 0.6) is 0 Å². The van der Waals surface area contributed by atoms with E-state index in [1.807, 2.05) is 28.2 Å². The molecular formula is C32H47N5O2S. The number of hydrogen-bond acceptors (Lipinski definition) is 5. The molecule has 0 aliphatic rings. The fourth-order valence-electron chi connectivity index (χ4n) is 4.80. The molecule has 0 spiro atoms. The van der Waals surface area contributed by atoms with E-state index in [-0.39, 0.29) is 6.04 Å². The summed E-state index contributed by atoms with van der Waals surface area (Å²) < 4.78 is 0. The van der Waals surface area contributed by atoms with Gasteiger partial charge in [0.05, 0.1) is 11.4 Å². The van der Waals surface area contributed by atoms with Gasteiger partial charge in [0.1, 0.15) is 0 Å². The van der Waals surface area contributed by atoms with Crippen LogP contribution < -0.4 is 15.1 Å². The molecule has 0 saturated heterocycles. The number of carboxylic acid groups (broad SMARTS) is 1. The molecule has 0 radical (unpaired) electrons. The lowest BCUT2D eigenvalue weighted by molar-refractivity contribution is 0.187. The number of aromatic nitrogens is 2. The molecule has 1 unspecified atom stereocenters. The quantitative estimate of drug-likeness (QED) is 0.113. The molecule has 3 rings (SSSR count). The maximum absolute atomic E-state index is 11.2. The van der Waals surface area contributed by atoms with Crippen LogP contribution in [0.4, 0.5) is 16.2 Å². The van der Waals surface area contributed by atoms with Crippen molar-refractivity contribution in [2.45, 2.75) is 75.9 Å². The summed E-state index contributed by atoms with van der Waals surface area (Å²) in [6.07, 6.45) is 8.80. The Morgan fingerprint density at radius 1 is 0.850 bits per heavy atom. The number of aromatic amines is 1. The fraction of sp³-hybridized carbons (Fsp3) is 0.500. The second kappa shape index (κ2) is 16.2. The Balaban J connectivity index is 1.61. The molecule has 0 saturated carbocycles. The first-order valence-corrected chi connectivity index (χ1v) is 15.5. The van der Waals surface area contributed by atoms with Crippen LogP contribution in [0.25, 0.3) is 22.5 Å². The fourth-order valence-corrected chi connectivity index (χ4v) is 5.67. The molecule has 0 aliphatic heterocycles. The lowest BCUT2D eigenvalue weighted by atomic mass is 10.0. The average molecular weight is 566 g/mol. The van der Waals surface area contributed by atoms with Crippen molar-refractivity contribution in [3.05, 3.63) is 48.5 Å². The topological polar surface area (TPSA) is 84.5 Å². The second-order valence-electron chi connectivity index (χ2n) is 10.8. The van der Waals surface area contributed by atoms with Gasteiger partial charge in [0.15, 0.2) is 5.16 Å². The molecule has 0 aliphatic carbocycles. The molecule has 3 aromatic rings. The first-order valence-electron chi connectivity index (χ1n) is 14.6. The first-order chi connectivity index (χ1) is 19.3. The first kappa shape index (κ1) is 31.4. The van der Waals surface area contributed by atoms with Crippen LogP contribution in [0.2, 0.25) is 0 Å². The predicted molar refractivity (Wildman–Crippen MR) is 171 cm³/mol. The zero-order chi connectivity index (χ0) is 28.9. The Kier molecular flexibility index (Phi) is 12.7. The monoisotopic (exact) mass is 565 g/mol. The highest BCUT2D eigenvalue weighted by molar-refractivity contribution is 7.99. The maximum atomic E-state index is 11.2. The van der Waals surface area contributed by atoms with Crippen molar-refractivity contribution in [1.29, 1.82) is 0 Å². The van der Waals surface area contributed by atoms with Gasteiger partial charge in [-0.15, -0.1) is 0 Å². The normalized spacial score (nSPS) is 11.8. The van der Waals surface area contributed by atoms with Gasteiger partial charge in [-0.05, 0) is 43.5 Å². The number of unbranched alkanes of at least 4 members (excludes halogenated alkanes) is 5. The molecule has 1 atom stereocenters. The summed E-state index contributed by atoms with van der Waals surface area (Å²) in [7, 11) is 8.20. The number of rotatable bonds is 17. The number of anilines is 2. The van der Waals surface area contributed by atoms with Gasteiger partial charge in [0, 0.05) is 62.5 Å². The van der Waals surface area contributed by atoms with Gasteiger partial charge >= 0.3 is 6.09 Å². The number of H-pyrrole nitrogens is 1. The van der Waals surface area contributed by atoms with Crippen molar-refractivity contribution < 1.29 is 9.90 Å². The number of imidazole rings is 1. The molecule has 1 aromatic heterocycles. The van der Waals surface area contributed by atoms with E-state index in [9.17, 15) is 9.90 Å². The third kappa shape index (κ3) is 9.81. The number of amides is 1. The van der Waals surface area contributed by atoms with Gasteiger partial charge in [0.2, 0.25) is 0 Å². The standard InChI is InChI=1S/C32H47N5O2S/c1-6-7-8-10-13-26(33-32(38)39)14-11-9-12-23-40-31-34-29(24-15-19-27(20-16-24)36(2)3)30(35-31)25-17-21-28(22-18-25)37(4)5/h15-22,26,33H,6-14,23H2,1-5H3,(H,34,35)(H,38,39). The van der Waals surface area contributed by atoms with Crippen LogP contribution in [0.3, 0.4) is 0 Å². The summed E-state index contributed by atoms with van der Waals surface area (Å²) in [6, 6.07) is 17.2. The largest absolute Gasteiger partial charge is 0.465 e. The molecule has 0 fully saturated rings. The minimum absolute atomic E-state index is 0.0648. The lowest BCUT2D eigenvalue weighted by Gasteiger charge is -2.16. The van der Waals surface area contributed by atoms with Crippen LogP contribution in [0.1, 0.15) is 64.7 Å². The molecule has 8 heteroatoms. The number of nitrogens with one attached hydrogen (secondary N) is 2. The van der Waals surface area contributed by atoms with Crippen molar-refractivity contribution in [2.24, 2.45) is 0 Å². The zero-order valence-electron chi connectivity index (χ0n) is 24.9. The van der Waals surface area contributed by atoms with E-state index in [1.165, 1.54) is 19.3 Å². The van der Waals surface area contributed by atoms with E-state index in [0.29, 0.717) is 0 Å². The highest BCUT2D eigenvalue weighted by Crippen LogP contribution is 2.34. The summed E-state index contributed by atoms with van der Waals surface area (Å²) in [4.78, 5) is 24.0. The smallest absolute Gasteiger partial charge is 0.404 e. The molecule has 218 valence electrons. The van der Waals surface area contributed by atoms with Crippen molar-refractivity contribution in [3.63, 3.8) is 0 Å². The van der Waals surface area contributed by atoms with Gasteiger partial charge in [-0.25, -0.2) is 9.78 Å². The Hall–Kier alpha value is -3.13. The van der Waals surface area contributed by atoms with Crippen LogP contribution in [-0.2, 0) is 0 Å². The van der Waals surface area contributed by atoms with Crippen LogP contribution in [0, 0.1) is 0 Å². The maximum Gasteiger partial charge on any atom is 0.404 e. The van der Waals surface area contributed by atoms with E-state index >= 15 is 0 Å². The summed E-state index contributed by atoms with van der Waals surface area (Å²) in [5, 5.41) is 12.8. The Morgan fingerprint density at radius 3 is 1.93 bits per heavy atom. The van der Waals surface area contributed by atoms with E-state index in [4.69, 9.17) is 4.98 Å². The Labute approximate surface area is 244 Å². The molecule has 2 aromatic carbocycles. The van der Waals surface area contributed by atoms with Crippen LogP contribution >= 0.6 is 11.8 Å². The Bertz CT molecular complexity index is 1090. The van der Waals surface area contributed by atoms with E-state index < -0.39 is 6.09 Å². The van der Waals surface area contributed by atoms with Crippen LogP contribution in [-0.4, -0.2) is 61.2 Å². The van der Waals surface area contributed by atoms with Gasteiger partial charge in [-0.2, -0.15) is 0 Å². The number of nitrogens with zero attached hydrogens (tertiary/aromatic N) is 3.